The van der Waals surface area contributed by atoms with Crippen molar-refractivity contribution < 1.29 is 14.0 Å². The van der Waals surface area contributed by atoms with Crippen LogP contribution in [0.4, 0.5) is 4.39 Å². The summed E-state index contributed by atoms with van der Waals surface area (Å²) in [5.41, 5.74) is 0.867. The Morgan fingerprint density at radius 2 is 2.17 bits per heavy atom. The standard InChI is InChI=1S/C17H19FN4O2/c1-12(23)19-14-5-3-8-21(11-14)17(24)16-7-9-22(20-16)15-6-2-4-13(18)10-15/h2,4,6-7,9-10,14H,3,5,8,11H2,1H3,(H,19,23)/t14-/m0/s1. The van der Waals surface area contributed by atoms with Crippen LogP contribution < -0.4 is 5.32 Å². The summed E-state index contributed by atoms with van der Waals surface area (Å²) < 4.78 is 14.8. The Kier molecular flexibility index (Phi) is 4.59. The van der Waals surface area contributed by atoms with Gasteiger partial charge in [-0.25, -0.2) is 9.07 Å². The van der Waals surface area contributed by atoms with E-state index >= 15 is 0 Å². The van der Waals surface area contributed by atoms with Gasteiger partial charge >= 0.3 is 0 Å². The summed E-state index contributed by atoms with van der Waals surface area (Å²) in [5.74, 6) is -0.630. The molecule has 126 valence electrons. The fourth-order valence-electron chi connectivity index (χ4n) is 2.93. The van der Waals surface area contributed by atoms with Gasteiger partial charge in [-0.15, -0.1) is 0 Å². The van der Waals surface area contributed by atoms with E-state index in [1.807, 2.05) is 0 Å². The molecule has 7 heteroatoms. The van der Waals surface area contributed by atoms with Gasteiger partial charge in [0.2, 0.25) is 5.91 Å². The lowest BCUT2D eigenvalue weighted by atomic mass is 10.1. The van der Waals surface area contributed by atoms with Gasteiger partial charge in [-0.1, -0.05) is 6.07 Å². The van der Waals surface area contributed by atoms with Gasteiger partial charge in [0.25, 0.3) is 5.91 Å². The van der Waals surface area contributed by atoms with Crippen molar-refractivity contribution in [2.45, 2.75) is 25.8 Å². The van der Waals surface area contributed by atoms with Crippen molar-refractivity contribution >= 4 is 11.8 Å². The smallest absolute Gasteiger partial charge is 0.274 e. The molecule has 0 unspecified atom stereocenters. The van der Waals surface area contributed by atoms with Crippen molar-refractivity contribution in [2.24, 2.45) is 0 Å². The first kappa shape index (κ1) is 16.2. The SMILES string of the molecule is CC(=O)N[C@H]1CCCN(C(=O)c2ccn(-c3cccc(F)c3)n2)C1. The van der Waals surface area contributed by atoms with E-state index in [4.69, 9.17) is 0 Å². The monoisotopic (exact) mass is 330 g/mol. The highest BCUT2D eigenvalue weighted by atomic mass is 19.1. The summed E-state index contributed by atoms with van der Waals surface area (Å²) in [5, 5.41) is 7.11. The Labute approximate surface area is 139 Å². The molecular weight excluding hydrogens is 311 g/mol. The molecule has 0 radical (unpaired) electrons. The molecule has 0 aliphatic carbocycles. The summed E-state index contributed by atoms with van der Waals surface area (Å²) in [7, 11) is 0. The third-order valence-corrected chi connectivity index (χ3v) is 4.00. The number of rotatable bonds is 3. The average molecular weight is 330 g/mol. The highest BCUT2D eigenvalue weighted by Crippen LogP contribution is 2.15. The van der Waals surface area contributed by atoms with Gasteiger partial charge in [-0.05, 0) is 37.1 Å². The molecule has 1 aromatic carbocycles. The molecule has 1 aliphatic rings. The van der Waals surface area contributed by atoms with Gasteiger partial charge in [0.15, 0.2) is 5.69 Å². The molecule has 1 atom stereocenters. The first-order valence-corrected chi connectivity index (χ1v) is 7.91. The van der Waals surface area contributed by atoms with Crippen molar-refractivity contribution in [2.75, 3.05) is 13.1 Å². The lowest BCUT2D eigenvalue weighted by Gasteiger charge is -2.32. The van der Waals surface area contributed by atoms with E-state index in [-0.39, 0.29) is 23.7 Å². The number of carbonyl (C=O) groups is 2. The van der Waals surface area contributed by atoms with E-state index in [9.17, 15) is 14.0 Å². The average Bonchev–Trinajstić information content (AvgIpc) is 3.04. The molecule has 1 aromatic heterocycles. The molecule has 1 saturated heterocycles. The summed E-state index contributed by atoms with van der Waals surface area (Å²) >= 11 is 0. The van der Waals surface area contributed by atoms with Gasteiger partial charge in [-0.2, -0.15) is 5.10 Å². The maximum absolute atomic E-state index is 13.3. The molecule has 3 rings (SSSR count). The van der Waals surface area contributed by atoms with Crippen LogP contribution in [0.1, 0.15) is 30.3 Å². The lowest BCUT2D eigenvalue weighted by Crippen LogP contribution is -2.49. The summed E-state index contributed by atoms with van der Waals surface area (Å²) in [6.07, 6.45) is 3.33. The van der Waals surface area contributed by atoms with Crippen molar-refractivity contribution in [1.82, 2.24) is 20.0 Å². The Bertz CT molecular complexity index is 759. The summed E-state index contributed by atoms with van der Waals surface area (Å²) in [6.45, 7) is 2.59. The van der Waals surface area contributed by atoms with Gasteiger partial charge in [-0.3, -0.25) is 9.59 Å². The first-order valence-electron chi connectivity index (χ1n) is 7.91. The Morgan fingerprint density at radius 3 is 2.92 bits per heavy atom. The van der Waals surface area contributed by atoms with Gasteiger partial charge < -0.3 is 10.2 Å². The van der Waals surface area contributed by atoms with Crippen molar-refractivity contribution in [3.63, 3.8) is 0 Å². The van der Waals surface area contributed by atoms with Crippen LogP contribution in [-0.2, 0) is 4.79 Å². The molecule has 0 spiro atoms. The van der Waals surface area contributed by atoms with Gasteiger partial charge in [0.05, 0.1) is 5.69 Å². The number of likely N-dealkylation sites (tertiary alicyclic amines) is 1. The molecule has 1 N–H and O–H groups in total. The minimum absolute atomic E-state index is 0.0227. The van der Waals surface area contributed by atoms with E-state index in [2.05, 4.69) is 10.4 Å². The van der Waals surface area contributed by atoms with Gasteiger partial charge in [0.1, 0.15) is 5.82 Å². The molecule has 2 heterocycles. The molecule has 1 aliphatic heterocycles. The molecule has 1 fully saturated rings. The van der Waals surface area contributed by atoms with E-state index in [1.165, 1.54) is 23.7 Å². The van der Waals surface area contributed by atoms with Crippen LogP contribution in [0.25, 0.3) is 5.69 Å². The summed E-state index contributed by atoms with van der Waals surface area (Å²) in [4.78, 5) is 25.5. The van der Waals surface area contributed by atoms with Crippen LogP contribution in [0, 0.1) is 5.82 Å². The molecule has 6 nitrogen and oxygen atoms in total. The zero-order valence-corrected chi connectivity index (χ0v) is 13.4. The van der Waals surface area contributed by atoms with Crippen molar-refractivity contribution in [1.29, 1.82) is 0 Å². The fourth-order valence-corrected chi connectivity index (χ4v) is 2.93. The largest absolute Gasteiger partial charge is 0.352 e. The van der Waals surface area contributed by atoms with E-state index in [0.29, 0.717) is 24.5 Å². The van der Waals surface area contributed by atoms with Crippen LogP contribution in [0.3, 0.4) is 0 Å². The number of benzene rings is 1. The number of nitrogens with zero attached hydrogens (tertiary/aromatic N) is 3. The maximum atomic E-state index is 13.3. The zero-order valence-electron chi connectivity index (χ0n) is 13.4. The zero-order chi connectivity index (χ0) is 17.1. The minimum Gasteiger partial charge on any atom is -0.352 e. The lowest BCUT2D eigenvalue weighted by molar-refractivity contribution is -0.120. The number of hydrogen-bond acceptors (Lipinski definition) is 3. The second-order valence-corrected chi connectivity index (χ2v) is 5.92. The molecule has 24 heavy (non-hydrogen) atoms. The number of piperidine rings is 1. The normalized spacial score (nSPS) is 17.6. The number of hydrogen-bond donors (Lipinski definition) is 1. The second kappa shape index (κ2) is 6.82. The Morgan fingerprint density at radius 1 is 1.33 bits per heavy atom. The fraction of sp³-hybridized carbons (Fsp3) is 0.353. The van der Waals surface area contributed by atoms with E-state index in [0.717, 1.165) is 12.8 Å². The summed E-state index contributed by atoms with van der Waals surface area (Å²) in [6, 6.07) is 7.62. The van der Waals surface area contributed by atoms with E-state index in [1.54, 1.807) is 29.3 Å². The molecule has 2 aromatic rings. The third-order valence-electron chi connectivity index (χ3n) is 4.00. The Hall–Kier alpha value is -2.70. The molecule has 2 amide bonds. The molecular formula is C17H19FN4O2. The van der Waals surface area contributed by atoms with Crippen LogP contribution in [0.2, 0.25) is 0 Å². The highest BCUT2D eigenvalue weighted by Gasteiger charge is 2.26. The van der Waals surface area contributed by atoms with Crippen LogP contribution in [0.15, 0.2) is 36.5 Å². The first-order chi connectivity index (χ1) is 11.5. The number of carbonyl (C=O) groups excluding carboxylic acids is 2. The Balaban J connectivity index is 1.72. The topological polar surface area (TPSA) is 67.2 Å². The van der Waals surface area contributed by atoms with Crippen LogP contribution in [0.5, 0.6) is 0 Å². The van der Waals surface area contributed by atoms with Crippen molar-refractivity contribution in [3.05, 3.63) is 48.0 Å². The minimum atomic E-state index is -0.356. The quantitative estimate of drug-likeness (QED) is 0.932. The van der Waals surface area contributed by atoms with Crippen molar-refractivity contribution in [3.8, 4) is 5.69 Å². The van der Waals surface area contributed by atoms with Crippen LogP contribution in [-0.4, -0.2) is 45.6 Å². The number of halogens is 1. The number of nitrogens with one attached hydrogen (secondary N) is 1. The predicted molar refractivity (Wildman–Crippen MR) is 86.3 cm³/mol. The van der Waals surface area contributed by atoms with Crippen LogP contribution >= 0.6 is 0 Å². The predicted octanol–water partition coefficient (Wildman–Crippen LogP) is 1.75. The molecule has 0 bridgehead atoms. The van der Waals surface area contributed by atoms with Gasteiger partial charge in [0, 0.05) is 32.3 Å². The number of amides is 2. The highest BCUT2D eigenvalue weighted by molar-refractivity contribution is 5.92. The number of aromatic nitrogens is 2. The van der Waals surface area contributed by atoms with E-state index < -0.39 is 0 Å². The second-order valence-electron chi connectivity index (χ2n) is 5.92. The third kappa shape index (κ3) is 3.61. The maximum Gasteiger partial charge on any atom is 0.274 e. The molecule has 0 saturated carbocycles.